The molecule has 2 aliphatic carbocycles. The molecule has 4 aliphatic heterocycles. The van der Waals surface area contributed by atoms with E-state index in [4.69, 9.17) is 4.74 Å². The molecule has 412 valence electrons. The van der Waals surface area contributed by atoms with Gasteiger partial charge in [-0.15, -0.1) is 0 Å². The first-order valence-corrected chi connectivity index (χ1v) is 27.5. The number of piperazine rings is 1. The van der Waals surface area contributed by atoms with Crippen molar-refractivity contribution in [1.82, 2.24) is 40.0 Å². The molecule has 20 heteroatoms. The Balaban J connectivity index is 0.668. The molecule has 3 aromatic carbocycles. The molecule has 6 aliphatic rings. The number of carbonyl (C=O) groups is 5. The van der Waals surface area contributed by atoms with Gasteiger partial charge in [0, 0.05) is 83.2 Å². The van der Waals surface area contributed by atoms with E-state index in [-0.39, 0.29) is 104 Å². The van der Waals surface area contributed by atoms with Crippen LogP contribution >= 0.6 is 0 Å². The van der Waals surface area contributed by atoms with E-state index in [2.05, 4.69) is 20.4 Å². The SMILES string of the molecule is O=C(N[C@@H](C(=O)N1CCC(OC2CCN(CC(=O)N3CCN(C(=O)c4cc(Cc5n[nH]c(=O)c6ccccc56)ccc4F)CC3)CC2)CC1)C1CCCCC1)c1cccc(C2CCCN(C(=O)C3(C(F)(F)F)CC3)C2)c1F. The van der Waals surface area contributed by atoms with E-state index in [1.807, 2.05) is 6.07 Å². The van der Waals surface area contributed by atoms with Crippen LogP contribution in [0.4, 0.5) is 22.0 Å². The van der Waals surface area contributed by atoms with Crippen molar-refractivity contribution in [3.63, 3.8) is 0 Å². The van der Waals surface area contributed by atoms with Gasteiger partial charge in [0.05, 0.1) is 41.0 Å². The molecule has 2 N–H and O–H groups in total. The summed E-state index contributed by atoms with van der Waals surface area (Å²) in [5.74, 6) is -4.53. The van der Waals surface area contributed by atoms with Gasteiger partial charge in [-0.3, -0.25) is 33.7 Å². The highest BCUT2D eigenvalue weighted by atomic mass is 19.4. The van der Waals surface area contributed by atoms with Gasteiger partial charge in [-0.1, -0.05) is 55.7 Å². The number of piperidine rings is 3. The van der Waals surface area contributed by atoms with E-state index in [1.54, 1.807) is 45.0 Å². The molecule has 77 heavy (non-hydrogen) atoms. The minimum Gasteiger partial charge on any atom is -0.375 e. The molecule has 4 saturated heterocycles. The fourth-order valence-electron chi connectivity index (χ4n) is 12.4. The zero-order chi connectivity index (χ0) is 54.0. The maximum absolute atomic E-state index is 16.4. The lowest BCUT2D eigenvalue weighted by molar-refractivity contribution is -0.199. The number of halogens is 5. The van der Waals surface area contributed by atoms with Crippen LogP contribution < -0.4 is 10.9 Å². The molecule has 5 amide bonds. The Hall–Kier alpha value is -6.28. The van der Waals surface area contributed by atoms with Crippen LogP contribution in [0.3, 0.4) is 0 Å². The highest BCUT2D eigenvalue weighted by Gasteiger charge is 2.69. The zero-order valence-electron chi connectivity index (χ0n) is 43.3. The third kappa shape index (κ3) is 11.8. The first kappa shape index (κ1) is 54.1. The summed E-state index contributed by atoms with van der Waals surface area (Å²) in [5.41, 5.74) is -1.53. The maximum atomic E-state index is 16.4. The standard InChI is InChI=1S/C57H67F5N8O7/c58-46-16-15-36(33-47-42-11-4-5-12-43(42)52(73)65-64-47)32-45(46)53(74)69-30-28-67(29-31-69)48(71)35-66-24-17-39(18-25-66)77-40-19-26-68(27-20-40)54(75)50(37-8-2-1-3-9-37)63-51(72)44-14-6-13-41(49(44)59)38-10-7-23-70(34-38)55(76)56(21-22-56)57(60,61)62/h4-6,11-16,32,37-40,50H,1-3,7-10,17-31,33-35H2,(H,63,72)(H,65,73)/t38?,50-/m1/s1. The van der Waals surface area contributed by atoms with Crippen molar-refractivity contribution in [3.8, 4) is 0 Å². The molecule has 2 saturated carbocycles. The number of nitrogens with zero attached hydrogens (tertiary/aromatic N) is 6. The first-order valence-electron chi connectivity index (χ1n) is 27.5. The maximum Gasteiger partial charge on any atom is 0.403 e. The summed E-state index contributed by atoms with van der Waals surface area (Å²) in [7, 11) is 0. The van der Waals surface area contributed by atoms with E-state index in [9.17, 15) is 41.9 Å². The molecule has 1 unspecified atom stereocenters. The average molecular weight is 1070 g/mol. The van der Waals surface area contributed by atoms with Crippen molar-refractivity contribution >= 4 is 40.3 Å². The number of fused-ring (bicyclic) bond motifs is 1. The van der Waals surface area contributed by atoms with Crippen LogP contribution in [0.1, 0.15) is 127 Å². The summed E-state index contributed by atoms with van der Waals surface area (Å²) in [5, 5.41) is 10.8. The van der Waals surface area contributed by atoms with E-state index in [0.717, 1.165) is 44.9 Å². The van der Waals surface area contributed by atoms with Gasteiger partial charge >= 0.3 is 6.18 Å². The van der Waals surface area contributed by atoms with Gasteiger partial charge in [0.25, 0.3) is 17.4 Å². The molecule has 4 aromatic rings. The number of rotatable bonds is 13. The lowest BCUT2D eigenvalue weighted by Crippen LogP contribution is -2.55. The number of H-pyrrole nitrogens is 1. The van der Waals surface area contributed by atoms with Gasteiger partial charge in [0.15, 0.2) is 0 Å². The monoisotopic (exact) mass is 1070 g/mol. The molecule has 5 heterocycles. The van der Waals surface area contributed by atoms with Crippen molar-refractivity contribution in [2.45, 2.75) is 120 Å². The lowest BCUT2D eigenvalue weighted by Gasteiger charge is -2.40. The van der Waals surface area contributed by atoms with Crippen LogP contribution in [0.15, 0.2) is 65.5 Å². The van der Waals surface area contributed by atoms with Crippen LogP contribution in [0, 0.1) is 23.0 Å². The highest BCUT2D eigenvalue weighted by molar-refractivity contribution is 5.98. The number of aromatic nitrogens is 2. The quantitative estimate of drug-likeness (QED) is 0.134. The van der Waals surface area contributed by atoms with Crippen molar-refractivity contribution in [1.29, 1.82) is 0 Å². The Morgan fingerprint density at radius 2 is 1.39 bits per heavy atom. The topological polar surface area (TPSA) is 169 Å². The second-order valence-corrected chi connectivity index (χ2v) is 22.1. The number of amides is 5. The number of nitrogens with one attached hydrogen (secondary N) is 2. The van der Waals surface area contributed by atoms with Crippen LogP contribution in [0.2, 0.25) is 0 Å². The van der Waals surface area contributed by atoms with E-state index >= 15 is 8.78 Å². The summed E-state index contributed by atoms with van der Waals surface area (Å²) < 4.78 is 79.6. The van der Waals surface area contributed by atoms with Crippen molar-refractivity contribution in [2.75, 3.05) is 72.0 Å². The molecule has 6 fully saturated rings. The van der Waals surface area contributed by atoms with Gasteiger partial charge < -0.3 is 29.7 Å². The van der Waals surface area contributed by atoms with Crippen molar-refractivity contribution < 1.29 is 50.7 Å². The van der Waals surface area contributed by atoms with Crippen molar-refractivity contribution in [3.05, 3.63) is 111 Å². The Kier molecular flexibility index (Phi) is 16.1. The third-order valence-corrected chi connectivity index (χ3v) is 17.2. The Bertz CT molecular complexity index is 2900. The lowest BCUT2D eigenvalue weighted by atomic mass is 9.83. The van der Waals surface area contributed by atoms with E-state index in [0.29, 0.717) is 87.0 Å². The number of benzene rings is 3. The predicted octanol–water partition coefficient (Wildman–Crippen LogP) is 6.98. The van der Waals surface area contributed by atoms with Crippen LogP contribution in [0.25, 0.3) is 10.8 Å². The van der Waals surface area contributed by atoms with Crippen LogP contribution in [0.5, 0.6) is 0 Å². The third-order valence-electron chi connectivity index (χ3n) is 17.2. The van der Waals surface area contributed by atoms with Crippen LogP contribution in [-0.2, 0) is 25.5 Å². The fraction of sp³-hybridized carbons (Fsp3) is 0.561. The Morgan fingerprint density at radius 3 is 2.08 bits per heavy atom. The first-order chi connectivity index (χ1) is 37.1. The van der Waals surface area contributed by atoms with Crippen LogP contribution in [-0.4, -0.2) is 161 Å². The fourth-order valence-corrected chi connectivity index (χ4v) is 12.4. The number of likely N-dealkylation sites (tertiary alicyclic amines) is 3. The predicted molar refractivity (Wildman–Crippen MR) is 275 cm³/mol. The van der Waals surface area contributed by atoms with Crippen molar-refractivity contribution in [2.24, 2.45) is 11.3 Å². The van der Waals surface area contributed by atoms with E-state index in [1.165, 1.54) is 29.2 Å². The minimum absolute atomic E-state index is 0.0128. The summed E-state index contributed by atoms with van der Waals surface area (Å²) in [6, 6.07) is 15.0. The molecular weight excluding hydrogens is 1000 g/mol. The smallest absolute Gasteiger partial charge is 0.375 e. The Labute approximate surface area is 443 Å². The number of alkyl halides is 3. The normalized spacial score (nSPS) is 21.5. The summed E-state index contributed by atoms with van der Waals surface area (Å²) in [6.45, 7) is 3.70. The van der Waals surface area contributed by atoms with E-state index < -0.39 is 52.9 Å². The molecule has 0 spiro atoms. The second-order valence-electron chi connectivity index (χ2n) is 22.1. The highest BCUT2D eigenvalue weighted by Crippen LogP contribution is 2.59. The van der Waals surface area contributed by atoms with Gasteiger partial charge in [-0.2, -0.15) is 18.3 Å². The minimum atomic E-state index is -4.65. The average Bonchev–Trinajstić information content (AvgIpc) is 4.30. The largest absolute Gasteiger partial charge is 0.403 e. The van der Waals surface area contributed by atoms with Gasteiger partial charge in [-0.05, 0) is 106 Å². The molecule has 0 bridgehead atoms. The molecule has 10 rings (SSSR count). The molecule has 0 radical (unpaired) electrons. The number of hydrogen-bond donors (Lipinski definition) is 2. The van der Waals surface area contributed by atoms with Gasteiger partial charge in [0.2, 0.25) is 17.7 Å². The summed E-state index contributed by atoms with van der Waals surface area (Å²) >= 11 is 0. The summed E-state index contributed by atoms with van der Waals surface area (Å²) in [6.07, 6.45) is 2.89. The molecular formula is C57H67F5N8O7. The summed E-state index contributed by atoms with van der Waals surface area (Å²) in [4.78, 5) is 89.2. The Morgan fingerprint density at radius 1 is 0.714 bits per heavy atom. The number of hydrogen-bond acceptors (Lipinski definition) is 9. The molecule has 2 atom stereocenters. The number of ether oxygens (including phenoxy) is 1. The van der Waals surface area contributed by atoms with Gasteiger partial charge in [0.1, 0.15) is 23.1 Å². The number of carbonyl (C=O) groups excluding carboxylic acids is 5. The zero-order valence-corrected chi connectivity index (χ0v) is 43.3. The molecule has 1 aromatic heterocycles. The number of aromatic amines is 1. The van der Waals surface area contributed by atoms with Gasteiger partial charge in [-0.25, -0.2) is 13.9 Å². The second kappa shape index (κ2) is 23.0. The molecule has 15 nitrogen and oxygen atoms in total.